The molecule has 1 amide bonds. The molecule has 0 spiro atoms. The van der Waals surface area contributed by atoms with Gasteiger partial charge in [0.1, 0.15) is 0 Å². The predicted molar refractivity (Wildman–Crippen MR) is 77.1 cm³/mol. The van der Waals surface area contributed by atoms with E-state index in [4.69, 9.17) is 0 Å². The van der Waals surface area contributed by atoms with Gasteiger partial charge in [0, 0.05) is 36.8 Å². The number of hydrogen-bond acceptors (Lipinski definition) is 3. The summed E-state index contributed by atoms with van der Waals surface area (Å²) in [6, 6.07) is 7.09. The highest BCUT2D eigenvalue weighted by Crippen LogP contribution is 2.12. The Bertz CT molecular complexity index is 459. The van der Waals surface area contributed by atoms with Crippen molar-refractivity contribution in [1.29, 1.82) is 0 Å². The number of piperazine rings is 1. The van der Waals surface area contributed by atoms with Crippen LogP contribution in [0.2, 0.25) is 0 Å². The molecule has 1 aliphatic heterocycles. The van der Waals surface area contributed by atoms with Crippen LogP contribution in [0.4, 0.5) is 0 Å². The highest BCUT2D eigenvalue weighted by molar-refractivity contribution is 5.97. The van der Waals surface area contributed by atoms with Gasteiger partial charge in [-0.25, -0.2) is 0 Å². The van der Waals surface area contributed by atoms with Crippen molar-refractivity contribution in [3.63, 3.8) is 0 Å². The van der Waals surface area contributed by atoms with Gasteiger partial charge in [-0.3, -0.25) is 9.59 Å². The molecule has 1 N–H and O–H groups in total. The van der Waals surface area contributed by atoms with E-state index in [-0.39, 0.29) is 30.1 Å². The molecule has 0 saturated carbocycles. The molecule has 1 saturated heterocycles. The molecule has 1 aromatic carbocycles. The Morgan fingerprint density at radius 1 is 1.21 bits per heavy atom. The lowest BCUT2D eigenvalue weighted by Gasteiger charge is -2.34. The number of halogens is 1. The molecule has 0 radical (unpaired) electrons. The lowest BCUT2D eigenvalue weighted by atomic mass is 10.1. The maximum atomic E-state index is 12.3. The average molecular weight is 283 g/mol. The Morgan fingerprint density at radius 3 is 2.32 bits per heavy atom. The van der Waals surface area contributed by atoms with Crippen molar-refractivity contribution in [1.82, 2.24) is 10.2 Å². The first-order chi connectivity index (χ1) is 8.59. The summed E-state index contributed by atoms with van der Waals surface area (Å²) in [6.07, 6.45) is 0. The lowest BCUT2D eigenvalue weighted by molar-refractivity contribution is 0.0655. The molecule has 104 valence electrons. The van der Waals surface area contributed by atoms with Gasteiger partial charge in [0.25, 0.3) is 5.91 Å². The van der Waals surface area contributed by atoms with Gasteiger partial charge in [-0.15, -0.1) is 12.4 Å². The minimum absolute atomic E-state index is 0. The van der Waals surface area contributed by atoms with Crippen LogP contribution < -0.4 is 5.32 Å². The summed E-state index contributed by atoms with van der Waals surface area (Å²) < 4.78 is 0. The van der Waals surface area contributed by atoms with Crippen molar-refractivity contribution in [3.8, 4) is 0 Å². The number of hydrogen-bond donors (Lipinski definition) is 1. The maximum absolute atomic E-state index is 12.3. The van der Waals surface area contributed by atoms with E-state index in [1.165, 1.54) is 6.92 Å². The van der Waals surface area contributed by atoms with Crippen LogP contribution in [0.1, 0.15) is 34.6 Å². The number of nitrogens with one attached hydrogen (secondary N) is 1. The fourth-order valence-corrected chi connectivity index (χ4v) is 2.16. The zero-order valence-electron chi connectivity index (χ0n) is 11.2. The molecule has 0 bridgehead atoms. The third-order valence-corrected chi connectivity index (χ3v) is 3.30. The van der Waals surface area contributed by atoms with Crippen LogP contribution in [0.15, 0.2) is 24.3 Å². The van der Waals surface area contributed by atoms with E-state index in [9.17, 15) is 9.59 Å². The Balaban J connectivity index is 0.00000180. The quantitative estimate of drug-likeness (QED) is 0.841. The molecular weight excluding hydrogens is 264 g/mol. The van der Waals surface area contributed by atoms with Crippen molar-refractivity contribution in [2.45, 2.75) is 19.9 Å². The summed E-state index contributed by atoms with van der Waals surface area (Å²) in [5.74, 6) is 0.0589. The second-order valence-corrected chi connectivity index (χ2v) is 4.69. The van der Waals surface area contributed by atoms with Crippen LogP contribution in [0, 0.1) is 0 Å². The predicted octanol–water partition coefficient (Wildman–Crippen LogP) is 1.74. The number of benzene rings is 1. The molecule has 0 aromatic heterocycles. The molecule has 1 aliphatic rings. The van der Waals surface area contributed by atoms with E-state index in [1.807, 2.05) is 11.8 Å². The Kier molecular flexibility index (Phi) is 5.51. The van der Waals surface area contributed by atoms with Gasteiger partial charge < -0.3 is 10.2 Å². The normalized spacial score (nSPS) is 18.6. The monoisotopic (exact) mass is 282 g/mol. The first kappa shape index (κ1) is 15.7. The van der Waals surface area contributed by atoms with Gasteiger partial charge >= 0.3 is 0 Å². The Labute approximate surface area is 119 Å². The molecule has 1 fully saturated rings. The molecule has 0 unspecified atom stereocenters. The van der Waals surface area contributed by atoms with E-state index in [2.05, 4.69) is 5.32 Å². The van der Waals surface area contributed by atoms with Gasteiger partial charge in [0.2, 0.25) is 0 Å². The van der Waals surface area contributed by atoms with Gasteiger partial charge in [-0.1, -0.05) is 12.1 Å². The number of amides is 1. The number of carbonyl (C=O) groups is 2. The van der Waals surface area contributed by atoms with E-state index in [1.54, 1.807) is 24.3 Å². The lowest BCUT2D eigenvalue weighted by Crippen LogP contribution is -2.52. The third-order valence-electron chi connectivity index (χ3n) is 3.30. The van der Waals surface area contributed by atoms with E-state index >= 15 is 0 Å². The highest BCUT2D eigenvalue weighted by Gasteiger charge is 2.23. The molecule has 19 heavy (non-hydrogen) atoms. The maximum Gasteiger partial charge on any atom is 0.254 e. The van der Waals surface area contributed by atoms with Crippen molar-refractivity contribution in [3.05, 3.63) is 35.4 Å². The summed E-state index contributed by atoms with van der Waals surface area (Å²) in [4.78, 5) is 25.4. The smallest absolute Gasteiger partial charge is 0.254 e. The van der Waals surface area contributed by atoms with Gasteiger partial charge in [-0.2, -0.15) is 0 Å². The van der Waals surface area contributed by atoms with Crippen LogP contribution in [-0.4, -0.2) is 42.3 Å². The zero-order valence-corrected chi connectivity index (χ0v) is 12.0. The van der Waals surface area contributed by atoms with Crippen LogP contribution >= 0.6 is 12.4 Å². The number of ketones is 1. The van der Waals surface area contributed by atoms with Crippen molar-refractivity contribution < 1.29 is 9.59 Å². The highest BCUT2D eigenvalue weighted by atomic mass is 35.5. The van der Waals surface area contributed by atoms with E-state index in [0.717, 1.165) is 19.6 Å². The number of Topliss-reactive ketones (excluding diaryl/α,β-unsaturated/α-hetero) is 1. The molecular formula is C14H19ClN2O2. The average Bonchev–Trinajstić information content (AvgIpc) is 2.38. The van der Waals surface area contributed by atoms with Crippen molar-refractivity contribution in [2.24, 2.45) is 0 Å². The molecule has 2 rings (SSSR count). The van der Waals surface area contributed by atoms with Crippen LogP contribution in [0.25, 0.3) is 0 Å². The van der Waals surface area contributed by atoms with Gasteiger partial charge in [0.05, 0.1) is 0 Å². The van der Waals surface area contributed by atoms with Crippen LogP contribution in [0.3, 0.4) is 0 Å². The summed E-state index contributed by atoms with van der Waals surface area (Å²) >= 11 is 0. The minimum atomic E-state index is 0. The Morgan fingerprint density at radius 2 is 1.79 bits per heavy atom. The number of rotatable bonds is 2. The molecule has 1 heterocycles. The van der Waals surface area contributed by atoms with Crippen molar-refractivity contribution >= 4 is 24.1 Å². The molecule has 1 atom stereocenters. The van der Waals surface area contributed by atoms with Crippen LogP contribution in [0.5, 0.6) is 0 Å². The number of nitrogens with zero attached hydrogens (tertiary/aromatic N) is 1. The summed E-state index contributed by atoms with van der Waals surface area (Å²) in [5.41, 5.74) is 1.29. The van der Waals surface area contributed by atoms with E-state index in [0.29, 0.717) is 11.1 Å². The Hall–Kier alpha value is -1.39. The summed E-state index contributed by atoms with van der Waals surface area (Å²) in [7, 11) is 0. The fraction of sp³-hybridized carbons (Fsp3) is 0.429. The minimum Gasteiger partial charge on any atom is -0.333 e. The van der Waals surface area contributed by atoms with Crippen molar-refractivity contribution in [2.75, 3.05) is 19.6 Å². The SMILES string of the molecule is CC(=O)c1ccc(C(=O)N2CCNC[C@@H]2C)cc1.Cl. The summed E-state index contributed by atoms with van der Waals surface area (Å²) in [5, 5.41) is 3.26. The standard InChI is InChI=1S/C14H18N2O2.ClH/c1-10-9-15-7-8-16(10)14(18)13-5-3-12(4-6-13)11(2)17;/h3-6,10,15H,7-9H2,1-2H3;1H/t10-;/m0./s1. The van der Waals surface area contributed by atoms with Gasteiger partial charge in [0.15, 0.2) is 5.78 Å². The molecule has 4 nitrogen and oxygen atoms in total. The third kappa shape index (κ3) is 3.55. The first-order valence-corrected chi connectivity index (χ1v) is 6.22. The van der Waals surface area contributed by atoms with Gasteiger partial charge in [-0.05, 0) is 26.0 Å². The second-order valence-electron chi connectivity index (χ2n) is 4.69. The fourth-order valence-electron chi connectivity index (χ4n) is 2.16. The molecule has 1 aromatic rings. The van der Waals surface area contributed by atoms with Crippen LogP contribution in [-0.2, 0) is 0 Å². The topological polar surface area (TPSA) is 49.4 Å². The summed E-state index contributed by atoms with van der Waals surface area (Å²) in [6.45, 7) is 5.95. The second kappa shape index (κ2) is 6.68. The zero-order chi connectivity index (χ0) is 13.1. The molecule has 0 aliphatic carbocycles. The number of carbonyl (C=O) groups excluding carboxylic acids is 2. The largest absolute Gasteiger partial charge is 0.333 e. The van der Waals surface area contributed by atoms with E-state index < -0.39 is 0 Å². The molecule has 5 heteroatoms. The first-order valence-electron chi connectivity index (χ1n) is 6.22.